The highest BCUT2D eigenvalue weighted by molar-refractivity contribution is 5.14. The number of fused-ring (bicyclic) bond motifs is 2. The first-order valence-corrected chi connectivity index (χ1v) is 8.78. The number of aliphatic hydroxyl groups is 1. The van der Waals surface area contributed by atoms with Gasteiger partial charge in [0, 0.05) is 17.3 Å². The highest BCUT2D eigenvalue weighted by Gasteiger charge is 2.69. The van der Waals surface area contributed by atoms with Crippen molar-refractivity contribution in [2.75, 3.05) is 19.8 Å². The molecular formula is C18H32O4. The Labute approximate surface area is 134 Å². The van der Waals surface area contributed by atoms with Gasteiger partial charge in [0.2, 0.25) is 0 Å². The largest absolute Gasteiger partial charge is 0.380 e. The van der Waals surface area contributed by atoms with Crippen molar-refractivity contribution in [1.82, 2.24) is 0 Å². The van der Waals surface area contributed by atoms with Crippen LogP contribution in [-0.2, 0) is 14.2 Å². The van der Waals surface area contributed by atoms with Crippen LogP contribution in [0.25, 0.3) is 0 Å². The molecule has 0 aromatic heterocycles. The van der Waals surface area contributed by atoms with E-state index in [9.17, 15) is 5.11 Å². The van der Waals surface area contributed by atoms with Crippen molar-refractivity contribution in [3.8, 4) is 0 Å². The Balaban J connectivity index is 1.61. The molecule has 1 heterocycles. The average molecular weight is 312 g/mol. The Morgan fingerprint density at radius 1 is 1.27 bits per heavy atom. The molecule has 0 aromatic rings. The van der Waals surface area contributed by atoms with Crippen LogP contribution < -0.4 is 0 Å². The summed E-state index contributed by atoms with van der Waals surface area (Å²) in [6.07, 6.45) is 3.62. The summed E-state index contributed by atoms with van der Waals surface area (Å²) in [7, 11) is 0. The molecule has 0 aromatic carbocycles. The predicted molar refractivity (Wildman–Crippen MR) is 84.2 cm³/mol. The molecule has 4 atom stereocenters. The molecule has 0 radical (unpaired) electrons. The van der Waals surface area contributed by atoms with E-state index in [2.05, 4.69) is 27.7 Å². The number of hydrogen-bond donors (Lipinski definition) is 1. The van der Waals surface area contributed by atoms with E-state index in [4.69, 9.17) is 14.2 Å². The van der Waals surface area contributed by atoms with Gasteiger partial charge in [-0.15, -0.1) is 0 Å². The Morgan fingerprint density at radius 2 is 1.95 bits per heavy atom. The molecule has 1 aliphatic heterocycles. The monoisotopic (exact) mass is 312 g/mol. The van der Waals surface area contributed by atoms with Crippen molar-refractivity contribution in [2.45, 2.75) is 72.4 Å². The van der Waals surface area contributed by atoms with E-state index < -0.39 is 5.79 Å². The lowest BCUT2D eigenvalue weighted by molar-refractivity contribution is -0.338. The zero-order chi connectivity index (χ0) is 16.2. The lowest BCUT2D eigenvalue weighted by Crippen LogP contribution is -2.52. The van der Waals surface area contributed by atoms with Crippen LogP contribution in [0, 0.1) is 22.2 Å². The van der Waals surface area contributed by atoms with Gasteiger partial charge < -0.3 is 19.3 Å². The minimum absolute atomic E-state index is 0.119. The second-order valence-corrected chi connectivity index (χ2v) is 8.62. The smallest absolute Gasteiger partial charge is 0.174 e. The summed E-state index contributed by atoms with van der Waals surface area (Å²) in [4.78, 5) is 0. The van der Waals surface area contributed by atoms with Crippen molar-refractivity contribution >= 4 is 0 Å². The van der Waals surface area contributed by atoms with Crippen LogP contribution in [0.4, 0.5) is 0 Å². The molecule has 1 N–H and O–H groups in total. The minimum Gasteiger partial charge on any atom is -0.380 e. The zero-order valence-corrected chi connectivity index (χ0v) is 14.8. The molecule has 0 spiro atoms. The van der Waals surface area contributed by atoms with Crippen LogP contribution in [0.3, 0.4) is 0 Å². The van der Waals surface area contributed by atoms with Gasteiger partial charge in [0.25, 0.3) is 0 Å². The maximum absolute atomic E-state index is 11.2. The molecule has 3 fully saturated rings. The van der Waals surface area contributed by atoms with Crippen LogP contribution in [0.5, 0.6) is 0 Å². The van der Waals surface area contributed by atoms with Gasteiger partial charge in [-0.3, -0.25) is 0 Å². The molecule has 0 amide bonds. The lowest BCUT2D eigenvalue weighted by atomic mass is 9.68. The molecule has 3 rings (SSSR count). The van der Waals surface area contributed by atoms with Gasteiger partial charge in [-0.1, -0.05) is 27.7 Å². The third-order valence-corrected chi connectivity index (χ3v) is 7.37. The molecule has 1 unspecified atom stereocenters. The summed E-state index contributed by atoms with van der Waals surface area (Å²) in [5.74, 6) is -0.523. The van der Waals surface area contributed by atoms with E-state index in [0.29, 0.717) is 12.5 Å². The maximum Gasteiger partial charge on any atom is 0.174 e. The number of ether oxygens (including phenoxy) is 3. The topological polar surface area (TPSA) is 47.9 Å². The molecule has 2 saturated carbocycles. The van der Waals surface area contributed by atoms with Gasteiger partial charge in [-0.2, -0.15) is 0 Å². The first-order chi connectivity index (χ1) is 10.2. The van der Waals surface area contributed by atoms with E-state index in [0.717, 1.165) is 32.5 Å². The molecule has 1 saturated heterocycles. The van der Waals surface area contributed by atoms with Crippen molar-refractivity contribution in [2.24, 2.45) is 22.2 Å². The van der Waals surface area contributed by atoms with Crippen LogP contribution in [-0.4, -0.2) is 37.0 Å². The van der Waals surface area contributed by atoms with Crippen molar-refractivity contribution in [3.63, 3.8) is 0 Å². The molecule has 2 bridgehead atoms. The maximum atomic E-state index is 11.2. The Kier molecular flexibility index (Phi) is 3.92. The summed E-state index contributed by atoms with van der Waals surface area (Å²) in [6.45, 7) is 13.0. The second-order valence-electron chi connectivity index (χ2n) is 8.62. The number of rotatable bonds is 6. The predicted octanol–water partition coefficient (Wildman–Crippen LogP) is 3.33. The van der Waals surface area contributed by atoms with Gasteiger partial charge >= 0.3 is 0 Å². The van der Waals surface area contributed by atoms with Gasteiger partial charge in [0.15, 0.2) is 12.1 Å². The first kappa shape index (κ1) is 16.7. The lowest BCUT2D eigenvalue weighted by Gasteiger charge is -2.46. The first-order valence-electron chi connectivity index (χ1n) is 8.78. The summed E-state index contributed by atoms with van der Waals surface area (Å²) >= 11 is 0. The molecule has 22 heavy (non-hydrogen) atoms. The number of hydrogen-bond acceptors (Lipinski definition) is 4. The van der Waals surface area contributed by atoms with Crippen molar-refractivity contribution < 1.29 is 19.3 Å². The Hall–Kier alpha value is -0.160. The van der Waals surface area contributed by atoms with Crippen LogP contribution in [0.15, 0.2) is 0 Å². The van der Waals surface area contributed by atoms with E-state index in [1.165, 1.54) is 6.42 Å². The Bertz CT molecular complexity index is 425. The fourth-order valence-corrected chi connectivity index (χ4v) is 4.77. The highest BCUT2D eigenvalue weighted by atomic mass is 16.7. The summed E-state index contributed by atoms with van der Waals surface area (Å²) in [6, 6.07) is 0. The SMILES string of the molecule is CCC1(COC(C)O[C@]2(O)C[C@H]3CC[C@]2(C)C3(C)C)COC1. The zero-order valence-electron chi connectivity index (χ0n) is 14.8. The third kappa shape index (κ3) is 2.18. The molecule has 128 valence electrons. The minimum atomic E-state index is -1.06. The molecule has 2 aliphatic carbocycles. The van der Waals surface area contributed by atoms with Crippen molar-refractivity contribution in [1.29, 1.82) is 0 Å². The summed E-state index contributed by atoms with van der Waals surface area (Å²) < 4.78 is 17.3. The molecular weight excluding hydrogens is 280 g/mol. The van der Waals surface area contributed by atoms with Gasteiger partial charge in [-0.25, -0.2) is 0 Å². The van der Waals surface area contributed by atoms with Crippen LogP contribution in [0.1, 0.15) is 60.3 Å². The highest BCUT2D eigenvalue weighted by Crippen LogP contribution is 2.70. The fourth-order valence-electron chi connectivity index (χ4n) is 4.77. The van der Waals surface area contributed by atoms with Crippen LogP contribution >= 0.6 is 0 Å². The second kappa shape index (κ2) is 5.17. The quantitative estimate of drug-likeness (QED) is 0.764. The third-order valence-electron chi connectivity index (χ3n) is 7.37. The van der Waals surface area contributed by atoms with Crippen LogP contribution in [0.2, 0.25) is 0 Å². The molecule has 3 aliphatic rings. The Morgan fingerprint density at radius 3 is 2.36 bits per heavy atom. The molecule has 4 nitrogen and oxygen atoms in total. The van der Waals surface area contributed by atoms with E-state index in [-0.39, 0.29) is 22.5 Å². The standard InChI is InChI=1S/C18H32O4/c1-6-17(10-20-11-17)12-21-13(2)22-18(19)9-14-7-8-16(18,5)15(14,3)4/h13-14,19H,6-12H2,1-5H3/t13?,14-,16-,18-/m1/s1. The summed E-state index contributed by atoms with van der Waals surface area (Å²) in [5.41, 5.74) is 0.0797. The van der Waals surface area contributed by atoms with E-state index >= 15 is 0 Å². The van der Waals surface area contributed by atoms with Gasteiger partial charge in [0.1, 0.15) is 0 Å². The van der Waals surface area contributed by atoms with E-state index in [1.807, 2.05) is 6.92 Å². The normalized spacial score (nSPS) is 43.1. The summed E-state index contributed by atoms with van der Waals surface area (Å²) in [5, 5.41) is 11.2. The van der Waals surface area contributed by atoms with Gasteiger partial charge in [-0.05, 0) is 37.5 Å². The van der Waals surface area contributed by atoms with Crippen molar-refractivity contribution in [3.05, 3.63) is 0 Å². The van der Waals surface area contributed by atoms with E-state index in [1.54, 1.807) is 0 Å². The van der Waals surface area contributed by atoms with Gasteiger partial charge in [0.05, 0.1) is 19.8 Å². The fraction of sp³-hybridized carbons (Fsp3) is 1.00. The average Bonchev–Trinajstić information content (AvgIpc) is 2.69. The molecule has 4 heteroatoms.